The maximum Gasteiger partial charge on any atom is 0.274 e. The van der Waals surface area contributed by atoms with Crippen molar-refractivity contribution in [1.29, 1.82) is 5.26 Å². The van der Waals surface area contributed by atoms with Gasteiger partial charge in [-0.2, -0.15) is 5.26 Å². The average molecular weight is 280 g/mol. The van der Waals surface area contributed by atoms with E-state index in [-0.39, 0.29) is 5.91 Å². The van der Waals surface area contributed by atoms with Crippen molar-refractivity contribution < 1.29 is 4.79 Å². The molecule has 0 spiro atoms. The lowest BCUT2D eigenvalue weighted by atomic mass is 10.1. The van der Waals surface area contributed by atoms with Gasteiger partial charge in [0.25, 0.3) is 5.91 Å². The van der Waals surface area contributed by atoms with Gasteiger partial charge in [-0.3, -0.25) is 4.79 Å². The van der Waals surface area contributed by atoms with Crippen LogP contribution in [0.1, 0.15) is 28.5 Å². The smallest absolute Gasteiger partial charge is 0.274 e. The van der Waals surface area contributed by atoms with Crippen molar-refractivity contribution in [3.63, 3.8) is 0 Å². The highest BCUT2D eigenvalue weighted by molar-refractivity contribution is 6.03. The maximum atomic E-state index is 12.2. The number of nitrogens with one attached hydrogen (secondary N) is 2. The highest BCUT2D eigenvalue weighted by Gasteiger charge is 2.12. The Morgan fingerprint density at radius 2 is 2.05 bits per heavy atom. The predicted molar refractivity (Wildman–Crippen MR) is 82.2 cm³/mol. The molecule has 106 valence electrons. The van der Waals surface area contributed by atoms with E-state index < -0.39 is 0 Å². The molecule has 0 aliphatic carbocycles. The van der Waals surface area contributed by atoms with Crippen molar-refractivity contribution in [1.82, 2.24) is 4.98 Å². The predicted octanol–water partition coefficient (Wildman–Crippen LogP) is 2.95. The number of anilines is 2. The molecule has 2 rings (SSSR count). The van der Waals surface area contributed by atoms with Gasteiger partial charge in [-0.15, -0.1) is 0 Å². The first-order valence-electron chi connectivity index (χ1n) is 6.67. The molecular formula is C16H16N4O. The summed E-state index contributed by atoms with van der Waals surface area (Å²) in [6.45, 7) is 4.52. The molecule has 1 amide bonds. The van der Waals surface area contributed by atoms with Crippen molar-refractivity contribution in [2.45, 2.75) is 13.8 Å². The molecule has 0 bridgehead atoms. The minimum Gasteiger partial charge on any atom is -0.370 e. The van der Waals surface area contributed by atoms with Gasteiger partial charge in [-0.1, -0.05) is 18.2 Å². The summed E-state index contributed by atoms with van der Waals surface area (Å²) in [7, 11) is 0. The van der Waals surface area contributed by atoms with E-state index in [1.54, 1.807) is 30.3 Å². The number of nitrogens with zero attached hydrogens (tertiary/aromatic N) is 2. The first-order valence-corrected chi connectivity index (χ1v) is 6.67. The number of amides is 1. The molecule has 0 saturated carbocycles. The van der Waals surface area contributed by atoms with Gasteiger partial charge in [-0.25, -0.2) is 4.98 Å². The SMILES string of the molecule is CCNc1cccc(C(=O)Nc2cccc(C)c2C#N)n1. The van der Waals surface area contributed by atoms with E-state index in [0.717, 1.165) is 12.1 Å². The van der Waals surface area contributed by atoms with E-state index in [9.17, 15) is 4.79 Å². The summed E-state index contributed by atoms with van der Waals surface area (Å²) in [4.78, 5) is 16.5. The largest absolute Gasteiger partial charge is 0.370 e. The third-order valence-electron chi connectivity index (χ3n) is 2.97. The quantitative estimate of drug-likeness (QED) is 0.902. The molecular weight excluding hydrogens is 264 g/mol. The molecule has 5 heteroatoms. The molecule has 0 atom stereocenters. The number of pyridine rings is 1. The van der Waals surface area contributed by atoms with Crippen LogP contribution in [-0.2, 0) is 0 Å². The molecule has 0 aliphatic rings. The Hall–Kier alpha value is -2.87. The van der Waals surface area contributed by atoms with Crippen molar-refractivity contribution >= 4 is 17.4 Å². The van der Waals surface area contributed by atoms with Crippen LogP contribution >= 0.6 is 0 Å². The third kappa shape index (κ3) is 3.37. The zero-order chi connectivity index (χ0) is 15.2. The van der Waals surface area contributed by atoms with Crippen LogP contribution in [0.3, 0.4) is 0 Å². The van der Waals surface area contributed by atoms with E-state index in [1.807, 2.05) is 19.9 Å². The van der Waals surface area contributed by atoms with Crippen molar-refractivity contribution in [3.8, 4) is 6.07 Å². The number of hydrogen-bond donors (Lipinski definition) is 2. The van der Waals surface area contributed by atoms with Crippen LogP contribution in [-0.4, -0.2) is 17.4 Å². The number of benzene rings is 1. The summed E-state index contributed by atoms with van der Waals surface area (Å²) in [5.41, 5.74) is 2.09. The Balaban J connectivity index is 2.25. The number of nitriles is 1. The van der Waals surface area contributed by atoms with Crippen molar-refractivity contribution in [3.05, 3.63) is 53.2 Å². The van der Waals surface area contributed by atoms with E-state index in [0.29, 0.717) is 22.8 Å². The molecule has 0 unspecified atom stereocenters. The highest BCUT2D eigenvalue weighted by atomic mass is 16.1. The average Bonchev–Trinajstić information content (AvgIpc) is 2.48. The summed E-state index contributed by atoms with van der Waals surface area (Å²) in [5.74, 6) is 0.312. The van der Waals surface area contributed by atoms with E-state index in [4.69, 9.17) is 5.26 Å². The molecule has 0 fully saturated rings. The van der Waals surface area contributed by atoms with Gasteiger partial charge in [-0.05, 0) is 37.6 Å². The van der Waals surface area contributed by atoms with Crippen molar-refractivity contribution in [2.75, 3.05) is 17.2 Å². The molecule has 1 heterocycles. The number of rotatable bonds is 4. The number of carbonyl (C=O) groups is 1. The topological polar surface area (TPSA) is 77.8 Å². The number of carbonyl (C=O) groups excluding carboxylic acids is 1. The van der Waals surface area contributed by atoms with Gasteiger partial charge < -0.3 is 10.6 Å². The minimum absolute atomic E-state index is 0.304. The van der Waals surface area contributed by atoms with Crippen LogP contribution in [0, 0.1) is 18.3 Å². The molecule has 0 aliphatic heterocycles. The second-order valence-corrected chi connectivity index (χ2v) is 4.50. The number of hydrogen-bond acceptors (Lipinski definition) is 4. The number of aromatic nitrogens is 1. The molecule has 5 nitrogen and oxygen atoms in total. The zero-order valence-corrected chi connectivity index (χ0v) is 12.0. The fourth-order valence-electron chi connectivity index (χ4n) is 1.95. The first kappa shape index (κ1) is 14.5. The van der Waals surface area contributed by atoms with Crippen LogP contribution in [0.25, 0.3) is 0 Å². The number of aryl methyl sites for hydroxylation is 1. The summed E-state index contributed by atoms with van der Waals surface area (Å²) in [6.07, 6.45) is 0. The summed E-state index contributed by atoms with van der Waals surface area (Å²) in [5, 5.41) is 15.0. The monoisotopic (exact) mass is 280 g/mol. The Bertz CT molecular complexity index is 704. The Morgan fingerprint density at radius 3 is 2.76 bits per heavy atom. The molecule has 0 radical (unpaired) electrons. The van der Waals surface area contributed by atoms with Crippen LogP contribution in [0.15, 0.2) is 36.4 Å². The van der Waals surface area contributed by atoms with E-state index in [1.165, 1.54) is 0 Å². The van der Waals surface area contributed by atoms with Gasteiger partial charge >= 0.3 is 0 Å². The van der Waals surface area contributed by atoms with Crippen LogP contribution in [0.5, 0.6) is 0 Å². The van der Waals surface area contributed by atoms with Gasteiger partial charge in [0.1, 0.15) is 17.6 Å². The molecule has 1 aromatic heterocycles. The fraction of sp³-hybridized carbons (Fsp3) is 0.188. The maximum absolute atomic E-state index is 12.2. The standard InChI is InChI=1S/C16H16N4O/c1-3-18-15-9-5-8-14(19-15)16(21)20-13-7-4-6-11(2)12(13)10-17/h4-9H,3H2,1-2H3,(H,18,19)(H,20,21). The lowest BCUT2D eigenvalue weighted by molar-refractivity contribution is 0.102. The molecule has 2 N–H and O–H groups in total. The zero-order valence-electron chi connectivity index (χ0n) is 12.0. The lowest BCUT2D eigenvalue weighted by Crippen LogP contribution is -2.15. The second kappa shape index (κ2) is 6.53. The Kier molecular flexibility index (Phi) is 4.52. The lowest BCUT2D eigenvalue weighted by Gasteiger charge is -2.09. The first-order chi connectivity index (χ1) is 10.2. The molecule has 0 saturated heterocycles. The normalized spacial score (nSPS) is 9.76. The molecule has 21 heavy (non-hydrogen) atoms. The van der Waals surface area contributed by atoms with E-state index >= 15 is 0 Å². The summed E-state index contributed by atoms with van der Waals surface area (Å²) < 4.78 is 0. The summed E-state index contributed by atoms with van der Waals surface area (Å²) in [6, 6.07) is 12.6. The van der Waals surface area contributed by atoms with Crippen molar-refractivity contribution in [2.24, 2.45) is 0 Å². The highest BCUT2D eigenvalue weighted by Crippen LogP contribution is 2.19. The summed E-state index contributed by atoms with van der Waals surface area (Å²) >= 11 is 0. The van der Waals surface area contributed by atoms with Gasteiger partial charge in [0.2, 0.25) is 0 Å². The van der Waals surface area contributed by atoms with Gasteiger partial charge in [0, 0.05) is 6.54 Å². The van der Waals surface area contributed by atoms with Gasteiger partial charge in [0.05, 0.1) is 11.3 Å². The van der Waals surface area contributed by atoms with Crippen LogP contribution in [0.2, 0.25) is 0 Å². The van der Waals surface area contributed by atoms with E-state index in [2.05, 4.69) is 21.7 Å². The Morgan fingerprint density at radius 1 is 1.29 bits per heavy atom. The van der Waals surface area contributed by atoms with Crippen LogP contribution < -0.4 is 10.6 Å². The third-order valence-corrected chi connectivity index (χ3v) is 2.97. The molecule has 2 aromatic rings. The minimum atomic E-state index is -0.336. The second-order valence-electron chi connectivity index (χ2n) is 4.50. The van der Waals surface area contributed by atoms with Gasteiger partial charge in [0.15, 0.2) is 0 Å². The fourth-order valence-corrected chi connectivity index (χ4v) is 1.95. The Labute approximate surface area is 123 Å². The molecule has 1 aromatic carbocycles. The van der Waals surface area contributed by atoms with Crippen LogP contribution in [0.4, 0.5) is 11.5 Å².